The lowest BCUT2D eigenvalue weighted by Crippen LogP contribution is -2.50. The largest absolute Gasteiger partial charge is 0.481 e. The van der Waals surface area contributed by atoms with E-state index >= 15 is 0 Å². The number of hydrogen-bond donors (Lipinski definition) is 1. The number of carbonyl (C=O) groups excluding carboxylic acids is 1. The third kappa shape index (κ3) is 2.91. The predicted molar refractivity (Wildman–Crippen MR) is 69.6 cm³/mol. The average molecular weight is 269 g/mol. The van der Waals surface area contributed by atoms with Crippen LogP contribution in [0.3, 0.4) is 0 Å². The van der Waals surface area contributed by atoms with Gasteiger partial charge in [-0.25, -0.2) is 0 Å². The summed E-state index contributed by atoms with van der Waals surface area (Å²) in [5.74, 6) is -1.30. The van der Waals surface area contributed by atoms with Crippen molar-refractivity contribution in [2.75, 3.05) is 19.8 Å². The van der Waals surface area contributed by atoms with Crippen molar-refractivity contribution in [1.29, 1.82) is 0 Å². The molecule has 1 saturated heterocycles. The van der Waals surface area contributed by atoms with Gasteiger partial charge in [-0.3, -0.25) is 9.59 Å². The van der Waals surface area contributed by atoms with E-state index in [9.17, 15) is 14.7 Å². The van der Waals surface area contributed by atoms with Gasteiger partial charge in [0.2, 0.25) is 5.91 Å². The zero-order chi connectivity index (χ0) is 14.0. The molecule has 1 N–H and O–H groups in total. The van der Waals surface area contributed by atoms with Crippen LogP contribution in [0.25, 0.3) is 0 Å². The molecule has 5 nitrogen and oxygen atoms in total. The highest BCUT2D eigenvalue weighted by molar-refractivity contribution is 5.85. The first-order valence-corrected chi connectivity index (χ1v) is 7.15. The van der Waals surface area contributed by atoms with E-state index in [2.05, 4.69) is 6.92 Å². The summed E-state index contributed by atoms with van der Waals surface area (Å²) in [5, 5.41) is 9.31. The molecule has 1 aliphatic carbocycles. The normalized spacial score (nSPS) is 35.4. The molecule has 2 fully saturated rings. The number of hydrogen-bond acceptors (Lipinski definition) is 3. The highest BCUT2D eigenvalue weighted by Crippen LogP contribution is 2.39. The number of amides is 1. The number of carboxylic acids is 1. The third-order valence-corrected chi connectivity index (χ3v) is 4.52. The summed E-state index contributed by atoms with van der Waals surface area (Å²) in [6.07, 6.45) is 2.31. The number of carbonyl (C=O) groups is 2. The molecule has 2 aliphatic rings. The van der Waals surface area contributed by atoms with Crippen molar-refractivity contribution in [2.45, 2.75) is 39.2 Å². The Labute approximate surface area is 113 Å². The molecular weight excluding hydrogens is 246 g/mol. The smallest absolute Gasteiger partial charge is 0.307 e. The fourth-order valence-corrected chi connectivity index (χ4v) is 3.29. The molecule has 4 atom stereocenters. The lowest BCUT2D eigenvalue weighted by Gasteiger charge is -2.35. The summed E-state index contributed by atoms with van der Waals surface area (Å²) in [4.78, 5) is 25.7. The zero-order valence-corrected chi connectivity index (χ0v) is 11.7. The fraction of sp³-hybridized carbons (Fsp3) is 0.857. The van der Waals surface area contributed by atoms with E-state index in [0.29, 0.717) is 32.1 Å². The highest BCUT2D eigenvalue weighted by Gasteiger charge is 2.44. The van der Waals surface area contributed by atoms with E-state index in [-0.39, 0.29) is 17.9 Å². The van der Waals surface area contributed by atoms with Crippen molar-refractivity contribution < 1.29 is 19.4 Å². The van der Waals surface area contributed by atoms with Gasteiger partial charge >= 0.3 is 5.97 Å². The van der Waals surface area contributed by atoms with Crippen molar-refractivity contribution in [3.05, 3.63) is 0 Å². The van der Waals surface area contributed by atoms with E-state index in [0.717, 1.165) is 12.8 Å². The predicted octanol–water partition coefficient (Wildman–Crippen LogP) is 1.37. The number of ether oxygens (including phenoxy) is 1. The van der Waals surface area contributed by atoms with Gasteiger partial charge in [0.15, 0.2) is 0 Å². The number of aliphatic carboxylic acids is 1. The topological polar surface area (TPSA) is 66.8 Å². The molecule has 0 aromatic heterocycles. The van der Waals surface area contributed by atoms with Crippen LogP contribution in [0, 0.1) is 17.8 Å². The standard InChI is InChI=1S/C14H23NO4/c1-3-10-6-11(12(7-10)14(17)18)13(16)15-4-5-19-8-9(15)2/h9-12H,3-8H2,1-2H3,(H,17,18)/t9-,10?,11?,12?/m1/s1. The maximum Gasteiger partial charge on any atom is 0.307 e. The van der Waals surface area contributed by atoms with Crippen LogP contribution in [0.5, 0.6) is 0 Å². The molecule has 19 heavy (non-hydrogen) atoms. The van der Waals surface area contributed by atoms with E-state index in [1.807, 2.05) is 11.8 Å². The van der Waals surface area contributed by atoms with Crippen LogP contribution in [-0.4, -0.2) is 47.7 Å². The molecule has 1 aliphatic heterocycles. The molecule has 0 bridgehead atoms. The van der Waals surface area contributed by atoms with Crippen molar-refractivity contribution in [2.24, 2.45) is 17.8 Å². The fourth-order valence-electron chi connectivity index (χ4n) is 3.29. The average Bonchev–Trinajstić information content (AvgIpc) is 2.83. The van der Waals surface area contributed by atoms with Crippen LogP contribution >= 0.6 is 0 Å². The summed E-state index contributed by atoms with van der Waals surface area (Å²) < 4.78 is 5.33. The van der Waals surface area contributed by atoms with Gasteiger partial charge in [0.1, 0.15) is 0 Å². The second-order valence-corrected chi connectivity index (χ2v) is 5.75. The molecule has 1 heterocycles. The summed E-state index contributed by atoms with van der Waals surface area (Å²) >= 11 is 0. The molecular formula is C14H23NO4. The Morgan fingerprint density at radius 3 is 2.58 bits per heavy atom. The lowest BCUT2D eigenvalue weighted by atomic mass is 9.94. The van der Waals surface area contributed by atoms with Gasteiger partial charge in [0, 0.05) is 6.54 Å². The van der Waals surface area contributed by atoms with Gasteiger partial charge in [0.25, 0.3) is 0 Å². The Kier molecular flexibility index (Phi) is 4.45. The number of morpholine rings is 1. The molecule has 108 valence electrons. The molecule has 0 aromatic carbocycles. The van der Waals surface area contributed by atoms with Gasteiger partial charge in [0.05, 0.1) is 31.1 Å². The maximum atomic E-state index is 12.6. The van der Waals surface area contributed by atoms with Crippen LogP contribution < -0.4 is 0 Å². The molecule has 2 rings (SSSR count). The Morgan fingerprint density at radius 2 is 2.00 bits per heavy atom. The van der Waals surface area contributed by atoms with Gasteiger partial charge in [-0.2, -0.15) is 0 Å². The lowest BCUT2D eigenvalue weighted by molar-refractivity contribution is -0.152. The molecule has 5 heteroatoms. The molecule has 3 unspecified atom stereocenters. The molecule has 0 spiro atoms. The minimum Gasteiger partial charge on any atom is -0.481 e. The molecule has 0 radical (unpaired) electrons. The van der Waals surface area contributed by atoms with Gasteiger partial charge in [-0.1, -0.05) is 13.3 Å². The minimum atomic E-state index is -0.824. The maximum absolute atomic E-state index is 12.6. The van der Waals surface area contributed by atoms with E-state index in [1.54, 1.807) is 0 Å². The van der Waals surface area contributed by atoms with E-state index in [1.165, 1.54) is 0 Å². The summed E-state index contributed by atoms with van der Waals surface area (Å²) in [6.45, 7) is 5.71. The monoisotopic (exact) mass is 269 g/mol. The number of rotatable bonds is 3. The second-order valence-electron chi connectivity index (χ2n) is 5.75. The highest BCUT2D eigenvalue weighted by atomic mass is 16.5. The molecule has 1 amide bonds. The van der Waals surface area contributed by atoms with Crippen LogP contribution in [0.15, 0.2) is 0 Å². The van der Waals surface area contributed by atoms with Crippen LogP contribution in [0.1, 0.15) is 33.1 Å². The van der Waals surface area contributed by atoms with Gasteiger partial charge in [-0.15, -0.1) is 0 Å². The first-order valence-electron chi connectivity index (χ1n) is 7.15. The van der Waals surface area contributed by atoms with Crippen molar-refractivity contribution >= 4 is 11.9 Å². The Hall–Kier alpha value is -1.10. The number of carboxylic acid groups (broad SMARTS) is 1. The Morgan fingerprint density at radius 1 is 1.32 bits per heavy atom. The van der Waals surface area contributed by atoms with Crippen molar-refractivity contribution in [3.8, 4) is 0 Å². The Bertz CT molecular complexity index is 357. The van der Waals surface area contributed by atoms with E-state index in [4.69, 9.17) is 4.74 Å². The zero-order valence-electron chi connectivity index (χ0n) is 11.7. The minimum absolute atomic E-state index is 0.0131. The summed E-state index contributed by atoms with van der Waals surface area (Å²) in [5.41, 5.74) is 0. The summed E-state index contributed by atoms with van der Waals surface area (Å²) in [7, 11) is 0. The first-order chi connectivity index (χ1) is 9.04. The van der Waals surface area contributed by atoms with Crippen LogP contribution in [0.2, 0.25) is 0 Å². The third-order valence-electron chi connectivity index (χ3n) is 4.52. The molecule has 1 saturated carbocycles. The van der Waals surface area contributed by atoms with Crippen molar-refractivity contribution in [1.82, 2.24) is 4.90 Å². The SMILES string of the molecule is CCC1CC(C(=O)O)C(C(=O)N2CCOC[C@H]2C)C1. The van der Waals surface area contributed by atoms with Gasteiger partial charge < -0.3 is 14.7 Å². The first kappa shape index (κ1) is 14.3. The van der Waals surface area contributed by atoms with Crippen LogP contribution in [-0.2, 0) is 14.3 Å². The van der Waals surface area contributed by atoms with Crippen molar-refractivity contribution in [3.63, 3.8) is 0 Å². The van der Waals surface area contributed by atoms with E-state index < -0.39 is 11.9 Å². The van der Waals surface area contributed by atoms with Gasteiger partial charge in [-0.05, 0) is 25.7 Å². The Balaban J connectivity index is 2.09. The number of nitrogens with zero attached hydrogens (tertiary/aromatic N) is 1. The quantitative estimate of drug-likeness (QED) is 0.840. The van der Waals surface area contributed by atoms with Crippen LogP contribution in [0.4, 0.5) is 0 Å². The molecule has 0 aromatic rings. The summed E-state index contributed by atoms with van der Waals surface area (Å²) in [6, 6.07) is 0.0522. The second kappa shape index (κ2) is 5.90.